The summed E-state index contributed by atoms with van der Waals surface area (Å²) in [7, 11) is -2.36. The number of aryl methyl sites for hydroxylation is 1. The minimum atomic E-state index is -3.84. The first kappa shape index (κ1) is 23.1. The minimum absolute atomic E-state index is 0.0617. The van der Waals surface area contributed by atoms with E-state index in [1.807, 2.05) is 38.1 Å². The summed E-state index contributed by atoms with van der Waals surface area (Å²) in [5.41, 5.74) is 1.72. The average Bonchev–Trinajstić information content (AvgIpc) is 2.78. The van der Waals surface area contributed by atoms with Crippen molar-refractivity contribution in [1.82, 2.24) is 0 Å². The van der Waals surface area contributed by atoms with Crippen molar-refractivity contribution in [3.63, 3.8) is 0 Å². The summed E-state index contributed by atoms with van der Waals surface area (Å²) < 4.78 is 39.1. The van der Waals surface area contributed by atoms with Gasteiger partial charge < -0.3 is 14.8 Å². The van der Waals surface area contributed by atoms with E-state index >= 15 is 0 Å². The predicted octanol–water partition coefficient (Wildman–Crippen LogP) is 4.60. The van der Waals surface area contributed by atoms with Crippen LogP contribution in [0, 0.1) is 6.92 Å². The monoisotopic (exact) mass is 454 g/mol. The summed E-state index contributed by atoms with van der Waals surface area (Å²) in [4.78, 5) is 12.7. The van der Waals surface area contributed by atoms with E-state index in [9.17, 15) is 13.2 Å². The number of anilines is 2. The number of amides is 1. The number of nitrogens with one attached hydrogen (secondary N) is 2. The van der Waals surface area contributed by atoms with Crippen LogP contribution >= 0.6 is 0 Å². The first-order valence-corrected chi connectivity index (χ1v) is 11.6. The molecule has 0 spiro atoms. The predicted molar refractivity (Wildman–Crippen MR) is 125 cm³/mol. The van der Waals surface area contributed by atoms with Crippen molar-refractivity contribution < 1.29 is 22.7 Å². The lowest BCUT2D eigenvalue weighted by molar-refractivity contribution is -0.122. The Morgan fingerprint density at radius 3 is 2.31 bits per heavy atom. The molecule has 168 valence electrons. The molecule has 7 nitrogen and oxygen atoms in total. The Hall–Kier alpha value is -3.52. The Kier molecular flexibility index (Phi) is 7.37. The van der Waals surface area contributed by atoms with Gasteiger partial charge in [-0.1, -0.05) is 31.2 Å². The molecule has 2 N–H and O–H groups in total. The number of sulfonamides is 1. The van der Waals surface area contributed by atoms with Gasteiger partial charge in [0, 0.05) is 5.69 Å². The second-order valence-corrected chi connectivity index (χ2v) is 8.83. The third-order valence-corrected chi connectivity index (χ3v) is 6.10. The lowest BCUT2D eigenvalue weighted by Crippen LogP contribution is -2.32. The molecule has 0 aromatic heterocycles. The SMILES string of the molecule is CC[C@H](Oc1ccccc1)C(=O)Nc1ccc(S(=O)(=O)Nc2cc(C)ccc2OC)cc1. The molecule has 0 unspecified atom stereocenters. The lowest BCUT2D eigenvalue weighted by Gasteiger charge is -2.17. The number of para-hydroxylation sites is 1. The van der Waals surface area contributed by atoms with Crippen LogP contribution in [-0.4, -0.2) is 27.5 Å². The van der Waals surface area contributed by atoms with Crippen LogP contribution in [0.5, 0.6) is 11.5 Å². The molecule has 32 heavy (non-hydrogen) atoms. The molecule has 0 heterocycles. The van der Waals surface area contributed by atoms with Crippen molar-refractivity contribution in [3.05, 3.63) is 78.4 Å². The summed E-state index contributed by atoms with van der Waals surface area (Å²) >= 11 is 0. The normalized spacial score (nSPS) is 12.0. The molecule has 1 amide bonds. The number of benzene rings is 3. The smallest absolute Gasteiger partial charge is 0.265 e. The second-order valence-electron chi connectivity index (χ2n) is 7.15. The van der Waals surface area contributed by atoms with Gasteiger partial charge in [-0.2, -0.15) is 0 Å². The minimum Gasteiger partial charge on any atom is -0.495 e. The van der Waals surface area contributed by atoms with E-state index in [-0.39, 0.29) is 10.8 Å². The molecule has 0 radical (unpaired) electrons. The molecular weight excluding hydrogens is 428 g/mol. The maximum atomic E-state index is 12.8. The Bertz CT molecular complexity index is 1160. The van der Waals surface area contributed by atoms with Crippen molar-refractivity contribution in [2.75, 3.05) is 17.1 Å². The van der Waals surface area contributed by atoms with Crippen LogP contribution in [-0.2, 0) is 14.8 Å². The molecule has 3 aromatic carbocycles. The van der Waals surface area contributed by atoms with E-state index in [1.54, 1.807) is 24.3 Å². The Morgan fingerprint density at radius 1 is 1.00 bits per heavy atom. The number of rotatable bonds is 9. The van der Waals surface area contributed by atoms with Gasteiger partial charge in [-0.15, -0.1) is 0 Å². The van der Waals surface area contributed by atoms with Gasteiger partial charge in [0.2, 0.25) is 0 Å². The zero-order valence-corrected chi connectivity index (χ0v) is 19.0. The molecule has 0 aliphatic heterocycles. The first-order valence-electron chi connectivity index (χ1n) is 10.1. The van der Waals surface area contributed by atoms with Crippen LogP contribution in [0.15, 0.2) is 77.7 Å². The maximum Gasteiger partial charge on any atom is 0.265 e. The van der Waals surface area contributed by atoms with Crippen molar-refractivity contribution in [2.45, 2.75) is 31.3 Å². The van der Waals surface area contributed by atoms with Crippen LogP contribution in [0.4, 0.5) is 11.4 Å². The van der Waals surface area contributed by atoms with Crippen molar-refractivity contribution in [1.29, 1.82) is 0 Å². The molecule has 1 atom stereocenters. The van der Waals surface area contributed by atoms with Gasteiger partial charge in [-0.05, 0) is 67.4 Å². The van der Waals surface area contributed by atoms with Crippen molar-refractivity contribution >= 4 is 27.3 Å². The van der Waals surface area contributed by atoms with E-state index in [2.05, 4.69) is 10.0 Å². The highest BCUT2D eigenvalue weighted by atomic mass is 32.2. The highest BCUT2D eigenvalue weighted by molar-refractivity contribution is 7.92. The van der Waals surface area contributed by atoms with Gasteiger partial charge in [0.05, 0.1) is 17.7 Å². The number of ether oxygens (including phenoxy) is 2. The fraction of sp³-hybridized carbons (Fsp3) is 0.208. The molecule has 0 bridgehead atoms. The van der Waals surface area contributed by atoms with Gasteiger partial charge in [0.25, 0.3) is 15.9 Å². The van der Waals surface area contributed by atoms with Crippen LogP contribution in [0.2, 0.25) is 0 Å². The Morgan fingerprint density at radius 2 is 1.69 bits per heavy atom. The second kappa shape index (κ2) is 10.2. The van der Waals surface area contributed by atoms with Gasteiger partial charge in [0.15, 0.2) is 6.10 Å². The van der Waals surface area contributed by atoms with E-state index in [0.29, 0.717) is 29.3 Å². The van der Waals surface area contributed by atoms with E-state index < -0.39 is 16.1 Å². The van der Waals surface area contributed by atoms with Crippen LogP contribution in [0.3, 0.4) is 0 Å². The zero-order valence-electron chi connectivity index (χ0n) is 18.2. The van der Waals surface area contributed by atoms with Crippen LogP contribution < -0.4 is 19.5 Å². The molecule has 8 heteroatoms. The third-order valence-electron chi connectivity index (χ3n) is 4.72. The highest BCUT2D eigenvalue weighted by Gasteiger charge is 2.20. The van der Waals surface area contributed by atoms with E-state index in [1.165, 1.54) is 31.4 Å². The van der Waals surface area contributed by atoms with Crippen LogP contribution in [0.1, 0.15) is 18.9 Å². The number of methoxy groups -OCH3 is 1. The summed E-state index contributed by atoms with van der Waals surface area (Å²) in [5.74, 6) is 0.718. The molecule has 0 aliphatic rings. The quantitative estimate of drug-likeness (QED) is 0.493. The lowest BCUT2D eigenvalue weighted by atomic mass is 10.2. The maximum absolute atomic E-state index is 12.8. The number of carbonyl (C=O) groups excluding carboxylic acids is 1. The van der Waals surface area contributed by atoms with Gasteiger partial charge in [-0.25, -0.2) is 8.42 Å². The van der Waals surface area contributed by atoms with Crippen LogP contribution in [0.25, 0.3) is 0 Å². The largest absolute Gasteiger partial charge is 0.495 e. The first-order chi connectivity index (χ1) is 15.3. The molecule has 0 saturated heterocycles. The Balaban J connectivity index is 1.70. The third kappa shape index (κ3) is 5.79. The Labute approximate surface area is 188 Å². The summed E-state index contributed by atoms with van der Waals surface area (Å²) in [6.45, 7) is 3.72. The highest BCUT2D eigenvalue weighted by Crippen LogP contribution is 2.28. The number of hydrogen-bond acceptors (Lipinski definition) is 5. The van der Waals surface area contributed by atoms with Gasteiger partial charge in [-0.3, -0.25) is 9.52 Å². The molecule has 3 aromatic rings. The van der Waals surface area contributed by atoms with Gasteiger partial charge in [0.1, 0.15) is 11.5 Å². The topological polar surface area (TPSA) is 93.7 Å². The standard InChI is InChI=1S/C24H26N2O5S/c1-4-22(31-19-8-6-5-7-9-19)24(27)25-18-11-13-20(14-12-18)32(28,29)26-21-16-17(2)10-15-23(21)30-3/h5-16,22,26H,4H2,1-3H3,(H,25,27)/t22-/m0/s1. The summed E-state index contributed by atoms with van der Waals surface area (Å²) in [5, 5.41) is 2.77. The fourth-order valence-electron chi connectivity index (χ4n) is 3.03. The molecule has 0 saturated carbocycles. The van der Waals surface area contributed by atoms with Crippen molar-refractivity contribution in [2.24, 2.45) is 0 Å². The van der Waals surface area contributed by atoms with Gasteiger partial charge >= 0.3 is 0 Å². The number of hydrogen-bond donors (Lipinski definition) is 2. The summed E-state index contributed by atoms with van der Waals surface area (Å²) in [6, 6.07) is 20.3. The molecular formula is C24H26N2O5S. The van der Waals surface area contributed by atoms with E-state index in [0.717, 1.165) is 5.56 Å². The molecule has 3 rings (SSSR count). The summed E-state index contributed by atoms with van der Waals surface area (Å²) in [6.07, 6.45) is -0.189. The van der Waals surface area contributed by atoms with Crippen molar-refractivity contribution in [3.8, 4) is 11.5 Å². The zero-order chi connectivity index (χ0) is 23.1. The molecule has 0 fully saturated rings. The average molecular weight is 455 g/mol. The fourth-order valence-corrected chi connectivity index (χ4v) is 4.09. The molecule has 0 aliphatic carbocycles. The number of carbonyl (C=O) groups is 1. The van der Waals surface area contributed by atoms with E-state index in [4.69, 9.17) is 9.47 Å².